The summed E-state index contributed by atoms with van der Waals surface area (Å²) in [5, 5.41) is 6.82. The molecule has 166 valence electrons. The first-order valence-electron chi connectivity index (χ1n) is 10.4. The summed E-state index contributed by atoms with van der Waals surface area (Å²) in [5.74, 6) is 1.84. The van der Waals surface area contributed by atoms with E-state index < -0.39 is 0 Å². The van der Waals surface area contributed by atoms with Gasteiger partial charge < -0.3 is 20.3 Å². The normalized spacial score (nSPS) is 17.6. The Kier molecular flexibility index (Phi) is 11.8. The van der Waals surface area contributed by atoms with Gasteiger partial charge in [-0.15, -0.1) is 24.0 Å². The molecule has 0 aliphatic carbocycles. The van der Waals surface area contributed by atoms with E-state index in [1.54, 1.807) is 0 Å². The third kappa shape index (κ3) is 8.64. The van der Waals surface area contributed by atoms with Crippen molar-refractivity contribution in [2.24, 2.45) is 4.99 Å². The summed E-state index contributed by atoms with van der Waals surface area (Å²) in [6.07, 6.45) is 2.13. The summed E-state index contributed by atoms with van der Waals surface area (Å²) < 4.78 is 5.63. The van der Waals surface area contributed by atoms with Gasteiger partial charge in [0, 0.05) is 58.1 Å². The van der Waals surface area contributed by atoms with Crippen LogP contribution in [0.4, 0.5) is 5.82 Å². The van der Waals surface area contributed by atoms with Crippen molar-refractivity contribution < 1.29 is 4.74 Å². The van der Waals surface area contributed by atoms with E-state index in [0.717, 1.165) is 44.6 Å². The van der Waals surface area contributed by atoms with Crippen molar-refractivity contribution >= 4 is 35.8 Å². The van der Waals surface area contributed by atoms with Gasteiger partial charge in [0.1, 0.15) is 5.82 Å². The number of pyridine rings is 1. The Bertz CT molecular complexity index is 617. The predicted octanol–water partition coefficient (Wildman–Crippen LogP) is 2.71. The Balaban J connectivity index is 0.00000420. The largest absolute Gasteiger partial charge is 0.375 e. The highest BCUT2D eigenvalue weighted by molar-refractivity contribution is 14.0. The summed E-state index contributed by atoms with van der Waals surface area (Å²) in [6, 6.07) is 5.27. The van der Waals surface area contributed by atoms with E-state index in [1.807, 2.05) is 19.3 Å². The number of anilines is 1. The third-order valence-electron chi connectivity index (χ3n) is 5.05. The zero-order valence-electron chi connectivity index (χ0n) is 18.8. The van der Waals surface area contributed by atoms with E-state index in [4.69, 9.17) is 4.74 Å². The number of hydrogen-bond acceptors (Lipinski definition) is 5. The maximum Gasteiger partial charge on any atom is 0.191 e. The average Bonchev–Trinajstić information content (AvgIpc) is 2.67. The first kappa shape index (κ1) is 25.9. The minimum atomic E-state index is 0. The van der Waals surface area contributed by atoms with Crippen LogP contribution in [0.3, 0.4) is 0 Å². The molecule has 1 unspecified atom stereocenters. The van der Waals surface area contributed by atoms with Crippen LogP contribution in [-0.2, 0) is 11.3 Å². The van der Waals surface area contributed by atoms with Gasteiger partial charge in [-0.25, -0.2) is 4.98 Å². The van der Waals surface area contributed by atoms with E-state index in [1.165, 1.54) is 5.56 Å². The average molecular weight is 518 g/mol. The molecule has 7 nitrogen and oxygen atoms in total. The molecule has 8 heteroatoms. The Morgan fingerprint density at radius 1 is 1.31 bits per heavy atom. The van der Waals surface area contributed by atoms with Gasteiger partial charge in [-0.2, -0.15) is 0 Å². The maximum atomic E-state index is 5.63. The van der Waals surface area contributed by atoms with Crippen molar-refractivity contribution in [1.29, 1.82) is 0 Å². The maximum absolute atomic E-state index is 5.63. The van der Waals surface area contributed by atoms with Crippen molar-refractivity contribution in [3.05, 3.63) is 23.9 Å². The van der Waals surface area contributed by atoms with Crippen LogP contribution in [0.15, 0.2) is 23.3 Å². The van der Waals surface area contributed by atoms with E-state index in [-0.39, 0.29) is 30.1 Å². The molecular weight excluding hydrogens is 479 g/mol. The third-order valence-corrected chi connectivity index (χ3v) is 5.05. The van der Waals surface area contributed by atoms with E-state index in [0.29, 0.717) is 18.6 Å². The number of nitrogens with zero attached hydrogens (tertiary/aromatic N) is 4. The van der Waals surface area contributed by atoms with Crippen LogP contribution >= 0.6 is 24.0 Å². The van der Waals surface area contributed by atoms with E-state index in [2.05, 4.69) is 71.1 Å². The summed E-state index contributed by atoms with van der Waals surface area (Å²) in [4.78, 5) is 13.6. The van der Waals surface area contributed by atoms with Crippen molar-refractivity contribution in [2.75, 3.05) is 44.7 Å². The second-order valence-electron chi connectivity index (χ2n) is 7.93. The lowest BCUT2D eigenvalue weighted by Crippen LogP contribution is -2.45. The SMILES string of the molecule is CN=C(NCCN(C(C)C)C(C)C)NCc1ccnc(N2CCOC(C)C2)c1.I. The molecule has 1 aliphatic rings. The van der Waals surface area contributed by atoms with E-state index in [9.17, 15) is 0 Å². The topological polar surface area (TPSA) is 65.0 Å². The van der Waals surface area contributed by atoms with Gasteiger partial charge in [0.2, 0.25) is 0 Å². The Morgan fingerprint density at radius 2 is 2.03 bits per heavy atom. The number of halogens is 1. The fourth-order valence-electron chi connectivity index (χ4n) is 3.59. The summed E-state index contributed by atoms with van der Waals surface area (Å²) in [6.45, 7) is 16.2. The van der Waals surface area contributed by atoms with Gasteiger partial charge in [0.15, 0.2) is 5.96 Å². The zero-order valence-corrected chi connectivity index (χ0v) is 21.1. The van der Waals surface area contributed by atoms with Crippen LogP contribution in [0, 0.1) is 0 Å². The minimum absolute atomic E-state index is 0. The van der Waals surface area contributed by atoms with Crippen LogP contribution in [0.5, 0.6) is 0 Å². The summed E-state index contributed by atoms with van der Waals surface area (Å²) >= 11 is 0. The predicted molar refractivity (Wildman–Crippen MR) is 132 cm³/mol. The van der Waals surface area contributed by atoms with Gasteiger partial charge in [-0.3, -0.25) is 9.89 Å². The highest BCUT2D eigenvalue weighted by Gasteiger charge is 2.18. The first-order chi connectivity index (χ1) is 13.4. The highest BCUT2D eigenvalue weighted by Crippen LogP contribution is 2.16. The molecule has 1 atom stereocenters. The minimum Gasteiger partial charge on any atom is -0.375 e. The molecule has 1 fully saturated rings. The lowest BCUT2D eigenvalue weighted by molar-refractivity contribution is 0.0529. The van der Waals surface area contributed by atoms with Crippen LogP contribution < -0.4 is 15.5 Å². The quantitative estimate of drug-likeness (QED) is 0.314. The number of rotatable bonds is 8. The number of guanidine groups is 1. The molecule has 2 heterocycles. The molecule has 0 aromatic carbocycles. The molecule has 29 heavy (non-hydrogen) atoms. The lowest BCUT2D eigenvalue weighted by Gasteiger charge is -2.32. The highest BCUT2D eigenvalue weighted by atomic mass is 127. The van der Waals surface area contributed by atoms with Crippen molar-refractivity contribution in [1.82, 2.24) is 20.5 Å². The van der Waals surface area contributed by atoms with Crippen molar-refractivity contribution in [2.45, 2.75) is 59.4 Å². The van der Waals surface area contributed by atoms with Gasteiger partial charge in [-0.05, 0) is 52.3 Å². The first-order valence-corrected chi connectivity index (χ1v) is 10.4. The molecule has 1 aromatic heterocycles. The molecule has 1 saturated heterocycles. The molecule has 0 radical (unpaired) electrons. The van der Waals surface area contributed by atoms with Gasteiger partial charge >= 0.3 is 0 Å². The van der Waals surface area contributed by atoms with Gasteiger partial charge in [0.25, 0.3) is 0 Å². The Hall–Kier alpha value is -1.13. The molecule has 0 saturated carbocycles. The monoisotopic (exact) mass is 518 g/mol. The number of aliphatic imine (C=N–C) groups is 1. The second-order valence-corrected chi connectivity index (χ2v) is 7.93. The molecule has 2 rings (SSSR count). The number of aromatic nitrogens is 1. The molecule has 0 bridgehead atoms. The number of morpholine rings is 1. The van der Waals surface area contributed by atoms with Crippen LogP contribution in [-0.4, -0.2) is 73.9 Å². The van der Waals surface area contributed by atoms with Crippen molar-refractivity contribution in [3.63, 3.8) is 0 Å². The van der Waals surface area contributed by atoms with Crippen LogP contribution in [0.25, 0.3) is 0 Å². The Morgan fingerprint density at radius 3 is 2.66 bits per heavy atom. The standard InChI is InChI=1S/C21H38N6O.HI/c1-16(2)27(17(3)4)10-9-24-21(22-6)25-14-19-7-8-23-20(13-19)26-11-12-28-18(5)15-26;/h7-8,13,16-18H,9-12,14-15H2,1-6H3,(H2,22,24,25);1H. The van der Waals surface area contributed by atoms with Crippen LogP contribution in [0.2, 0.25) is 0 Å². The van der Waals surface area contributed by atoms with E-state index >= 15 is 0 Å². The molecule has 2 N–H and O–H groups in total. The molecule has 1 aromatic rings. The zero-order chi connectivity index (χ0) is 20.5. The summed E-state index contributed by atoms with van der Waals surface area (Å²) in [5.41, 5.74) is 1.19. The van der Waals surface area contributed by atoms with Crippen molar-refractivity contribution in [3.8, 4) is 0 Å². The van der Waals surface area contributed by atoms with Gasteiger partial charge in [0.05, 0.1) is 12.7 Å². The fraction of sp³-hybridized carbons (Fsp3) is 0.714. The lowest BCUT2D eigenvalue weighted by atomic mass is 10.2. The molecule has 0 amide bonds. The van der Waals surface area contributed by atoms with Gasteiger partial charge in [-0.1, -0.05) is 0 Å². The number of nitrogens with one attached hydrogen (secondary N) is 2. The second kappa shape index (κ2) is 13.2. The Labute approximate surface area is 193 Å². The number of hydrogen-bond donors (Lipinski definition) is 2. The number of ether oxygens (including phenoxy) is 1. The summed E-state index contributed by atoms with van der Waals surface area (Å²) in [7, 11) is 1.81. The smallest absolute Gasteiger partial charge is 0.191 e. The molecule has 1 aliphatic heterocycles. The fourth-order valence-corrected chi connectivity index (χ4v) is 3.59. The molecular formula is C21H39IN6O. The van der Waals surface area contributed by atoms with Crippen LogP contribution in [0.1, 0.15) is 40.2 Å². The molecule has 0 spiro atoms.